The Labute approximate surface area is 179 Å². The number of benzene rings is 1. The van der Waals surface area contributed by atoms with Gasteiger partial charge >= 0.3 is 35.8 Å². The van der Waals surface area contributed by atoms with Gasteiger partial charge in [0.1, 0.15) is 0 Å². The van der Waals surface area contributed by atoms with Gasteiger partial charge in [-0.25, -0.2) is 0 Å². The Morgan fingerprint density at radius 2 is 1.09 bits per heavy atom. The Bertz CT molecular complexity index is 795. The Kier molecular flexibility index (Phi) is 7.82. The number of unbranched alkanes of at least 4 members (excludes halogenated alkanes) is 1. The molecule has 0 heterocycles. The molecule has 0 amide bonds. The van der Waals surface area contributed by atoms with Gasteiger partial charge in [0.2, 0.25) is 0 Å². The molecule has 0 fully saturated rings. The number of hydrogen-bond acceptors (Lipinski definition) is 1. The second kappa shape index (κ2) is 8.81. The van der Waals surface area contributed by atoms with Gasteiger partial charge < -0.3 is 5.11 Å². The van der Waals surface area contributed by atoms with Crippen molar-refractivity contribution in [2.45, 2.75) is 80.9 Å². The molecule has 0 aromatic heterocycles. The fraction of sp³-hybridized carbons (Fsp3) is 0.684. The molecule has 1 aromatic carbocycles. The monoisotopic (exact) mass is 510 g/mol. The summed E-state index contributed by atoms with van der Waals surface area (Å²) in [5, 5.41) is 10.1. The summed E-state index contributed by atoms with van der Waals surface area (Å²) in [5.41, 5.74) is -3.02. The van der Waals surface area contributed by atoms with Gasteiger partial charge in [0, 0.05) is 0 Å². The zero-order valence-electron chi connectivity index (χ0n) is 17.0. The molecule has 1 unspecified atom stereocenters. The van der Waals surface area contributed by atoms with Crippen LogP contribution in [0.4, 0.5) is 57.1 Å². The summed E-state index contributed by atoms with van der Waals surface area (Å²) in [4.78, 5) is 0. The predicted molar refractivity (Wildman–Crippen MR) is 90.0 cm³/mol. The summed E-state index contributed by atoms with van der Waals surface area (Å²) in [6.07, 6.45) is -8.19. The Morgan fingerprint density at radius 3 is 1.48 bits per heavy atom. The summed E-state index contributed by atoms with van der Waals surface area (Å²) in [5.74, 6) is -37.4. The summed E-state index contributed by atoms with van der Waals surface area (Å²) >= 11 is 0. The van der Waals surface area contributed by atoms with Crippen molar-refractivity contribution in [1.82, 2.24) is 0 Å². The molecule has 1 nitrogen and oxygen atoms in total. The van der Waals surface area contributed by atoms with E-state index < -0.39 is 53.4 Å². The van der Waals surface area contributed by atoms with Crippen molar-refractivity contribution in [3.63, 3.8) is 0 Å². The largest absolute Gasteiger partial charge is 0.460 e. The van der Waals surface area contributed by atoms with Crippen LogP contribution in [0, 0.1) is 0 Å². The lowest BCUT2D eigenvalue weighted by molar-refractivity contribution is -0.441. The summed E-state index contributed by atoms with van der Waals surface area (Å²) in [7, 11) is 0. The van der Waals surface area contributed by atoms with Crippen LogP contribution in [0.1, 0.15) is 44.2 Å². The molecule has 0 saturated carbocycles. The van der Waals surface area contributed by atoms with Crippen LogP contribution in [0.3, 0.4) is 0 Å². The predicted octanol–water partition coefficient (Wildman–Crippen LogP) is 7.37. The van der Waals surface area contributed by atoms with Crippen molar-refractivity contribution in [2.75, 3.05) is 0 Å². The fourth-order valence-corrected chi connectivity index (χ4v) is 2.86. The fourth-order valence-electron chi connectivity index (χ4n) is 2.86. The molecule has 0 aliphatic carbocycles. The highest BCUT2D eigenvalue weighted by Gasteiger charge is 2.90. The second-order valence-corrected chi connectivity index (χ2v) is 7.75. The third-order valence-corrected chi connectivity index (χ3v) is 4.96. The van der Waals surface area contributed by atoms with Crippen LogP contribution in [-0.2, 0) is 12.0 Å². The number of alkyl halides is 13. The van der Waals surface area contributed by atoms with Crippen LogP contribution >= 0.6 is 0 Å². The van der Waals surface area contributed by atoms with Gasteiger partial charge in [-0.2, -0.15) is 57.1 Å². The van der Waals surface area contributed by atoms with E-state index in [1.807, 2.05) is 6.92 Å². The minimum absolute atomic E-state index is 0.429. The standard InChI is InChI=1S/C19H19F13O/c1-3-4-5-11-6-8-12(9-7-11)13(2,33)10-14(20,21)15(22,23)16(24,25)17(26,27)18(28,29)19(30,31)32/h6-9,33H,3-5,10H2,1-2H3. The van der Waals surface area contributed by atoms with Gasteiger partial charge in [0.25, 0.3) is 0 Å². The van der Waals surface area contributed by atoms with Crippen LogP contribution < -0.4 is 0 Å². The van der Waals surface area contributed by atoms with Crippen molar-refractivity contribution in [3.05, 3.63) is 35.4 Å². The van der Waals surface area contributed by atoms with Crippen LogP contribution in [0.25, 0.3) is 0 Å². The maximum absolute atomic E-state index is 14.1. The van der Waals surface area contributed by atoms with E-state index in [1.165, 1.54) is 12.1 Å². The van der Waals surface area contributed by atoms with E-state index in [0.717, 1.165) is 18.6 Å². The summed E-state index contributed by atoms with van der Waals surface area (Å²) in [6.45, 7) is 2.28. The number of halogens is 13. The highest BCUT2D eigenvalue weighted by atomic mass is 19.4. The van der Waals surface area contributed by atoms with Gasteiger partial charge in [0.15, 0.2) is 0 Å². The normalized spacial score (nSPS) is 16.6. The molecular weight excluding hydrogens is 491 g/mol. The lowest BCUT2D eigenvalue weighted by Crippen LogP contribution is -2.70. The van der Waals surface area contributed by atoms with E-state index in [-0.39, 0.29) is 0 Å². The van der Waals surface area contributed by atoms with Crippen LogP contribution in [0.2, 0.25) is 0 Å². The molecule has 0 bridgehead atoms. The highest BCUT2D eigenvalue weighted by Crippen LogP contribution is 2.61. The minimum atomic E-state index is -7.96. The number of aliphatic hydroxyl groups is 1. The van der Waals surface area contributed by atoms with Crippen LogP contribution in [-0.4, -0.2) is 40.9 Å². The van der Waals surface area contributed by atoms with Crippen molar-refractivity contribution in [3.8, 4) is 0 Å². The first-order valence-corrected chi connectivity index (χ1v) is 9.27. The van der Waals surface area contributed by atoms with Gasteiger partial charge in [-0.1, -0.05) is 37.6 Å². The van der Waals surface area contributed by atoms with Crippen molar-refractivity contribution >= 4 is 0 Å². The zero-order valence-corrected chi connectivity index (χ0v) is 17.0. The first-order chi connectivity index (χ1) is 14.5. The minimum Gasteiger partial charge on any atom is -0.385 e. The molecule has 0 aliphatic heterocycles. The molecular formula is C19H19F13O. The molecule has 1 rings (SSSR count). The van der Waals surface area contributed by atoms with Crippen LogP contribution in [0.15, 0.2) is 24.3 Å². The quantitative estimate of drug-likeness (QED) is 0.326. The van der Waals surface area contributed by atoms with Crippen LogP contribution in [0.5, 0.6) is 0 Å². The second-order valence-electron chi connectivity index (χ2n) is 7.75. The zero-order chi connectivity index (χ0) is 26.3. The third-order valence-electron chi connectivity index (χ3n) is 4.96. The Morgan fingerprint density at radius 1 is 0.667 bits per heavy atom. The van der Waals surface area contributed by atoms with E-state index in [1.54, 1.807) is 0 Å². The SMILES string of the molecule is CCCCc1ccc(C(C)(O)CC(F)(F)C(F)(F)C(F)(F)C(F)(F)C(F)(F)C(F)(F)F)cc1. The maximum Gasteiger partial charge on any atom is 0.460 e. The molecule has 33 heavy (non-hydrogen) atoms. The van der Waals surface area contributed by atoms with Gasteiger partial charge in [-0.05, 0) is 30.9 Å². The Balaban J connectivity index is 3.33. The number of aryl methyl sites for hydroxylation is 1. The first kappa shape index (κ1) is 29.3. The molecule has 0 aliphatic rings. The van der Waals surface area contributed by atoms with Crippen molar-refractivity contribution in [2.24, 2.45) is 0 Å². The van der Waals surface area contributed by atoms with E-state index in [9.17, 15) is 62.2 Å². The summed E-state index contributed by atoms with van der Waals surface area (Å²) < 4.78 is 172. The van der Waals surface area contributed by atoms with Crippen molar-refractivity contribution < 1.29 is 62.2 Å². The van der Waals surface area contributed by atoms with E-state index in [4.69, 9.17) is 0 Å². The molecule has 0 radical (unpaired) electrons. The maximum atomic E-state index is 14.1. The number of rotatable bonds is 10. The smallest absolute Gasteiger partial charge is 0.385 e. The Hall–Kier alpha value is -1.73. The molecule has 1 N–H and O–H groups in total. The van der Waals surface area contributed by atoms with Crippen molar-refractivity contribution in [1.29, 1.82) is 0 Å². The number of hydrogen-bond donors (Lipinski definition) is 1. The molecule has 1 atom stereocenters. The lowest BCUT2D eigenvalue weighted by atomic mass is 9.84. The average molecular weight is 510 g/mol. The van der Waals surface area contributed by atoms with Gasteiger partial charge in [-0.15, -0.1) is 0 Å². The van der Waals surface area contributed by atoms with E-state index in [0.29, 0.717) is 25.3 Å². The topological polar surface area (TPSA) is 20.2 Å². The third kappa shape index (κ3) is 5.04. The lowest BCUT2D eigenvalue weighted by Gasteiger charge is -2.41. The molecule has 1 aromatic rings. The van der Waals surface area contributed by atoms with Gasteiger partial charge in [0.05, 0.1) is 12.0 Å². The first-order valence-electron chi connectivity index (χ1n) is 9.27. The van der Waals surface area contributed by atoms with E-state index >= 15 is 0 Å². The molecule has 14 heteroatoms. The van der Waals surface area contributed by atoms with E-state index in [2.05, 4.69) is 0 Å². The molecule has 192 valence electrons. The van der Waals surface area contributed by atoms with Gasteiger partial charge in [-0.3, -0.25) is 0 Å². The highest BCUT2D eigenvalue weighted by molar-refractivity contribution is 5.27. The average Bonchev–Trinajstić information content (AvgIpc) is 2.64. The molecule has 0 spiro atoms. The summed E-state index contributed by atoms with van der Waals surface area (Å²) in [6, 6.07) is 4.48. The molecule has 0 saturated heterocycles.